The lowest BCUT2D eigenvalue weighted by molar-refractivity contribution is 0.252. The zero-order chi connectivity index (χ0) is 9.68. The second-order valence-electron chi connectivity index (χ2n) is 2.18. The number of hydrogen-bond acceptors (Lipinski definition) is 4. The molecule has 0 unspecified atom stereocenters. The van der Waals surface area contributed by atoms with E-state index in [1.807, 2.05) is 18.6 Å². The summed E-state index contributed by atoms with van der Waals surface area (Å²) in [5.41, 5.74) is 0. The largest absolute Gasteiger partial charge is 0.338 e. The number of carbonyl (C=O) groups is 1. The molecule has 0 saturated heterocycles. The minimum Gasteiger partial charge on any atom is -0.338 e. The van der Waals surface area contributed by atoms with Gasteiger partial charge in [0, 0.05) is 11.9 Å². The molecule has 0 saturated carbocycles. The molecule has 1 rings (SSSR count). The van der Waals surface area contributed by atoms with E-state index in [4.69, 9.17) is 0 Å². The van der Waals surface area contributed by atoms with Crippen molar-refractivity contribution in [1.82, 2.24) is 10.3 Å². The molecule has 1 heterocycles. The lowest BCUT2D eigenvalue weighted by Gasteiger charge is -2.00. The average Bonchev–Trinajstić information content (AvgIpc) is 2.52. The van der Waals surface area contributed by atoms with E-state index in [0.717, 1.165) is 5.03 Å². The van der Waals surface area contributed by atoms with Gasteiger partial charge in [-0.15, -0.1) is 23.1 Å². The summed E-state index contributed by atoms with van der Waals surface area (Å²) in [5, 5.41) is 8.74. The van der Waals surface area contributed by atoms with Crippen molar-refractivity contribution in [1.29, 1.82) is 0 Å². The van der Waals surface area contributed by atoms with Gasteiger partial charge in [-0.25, -0.2) is 9.78 Å². The van der Waals surface area contributed by atoms with E-state index in [0.29, 0.717) is 11.7 Å². The van der Waals surface area contributed by atoms with E-state index in [2.05, 4.69) is 15.6 Å². The predicted octanol–water partition coefficient (Wildman–Crippen LogP) is 2.01. The minimum atomic E-state index is -0.204. The van der Waals surface area contributed by atoms with E-state index >= 15 is 0 Å². The van der Waals surface area contributed by atoms with Crippen molar-refractivity contribution in [3.8, 4) is 0 Å². The van der Waals surface area contributed by atoms with Crippen LogP contribution in [0, 0.1) is 0 Å². The van der Waals surface area contributed by atoms with Crippen LogP contribution in [0.4, 0.5) is 9.93 Å². The topological polar surface area (TPSA) is 54.0 Å². The van der Waals surface area contributed by atoms with Crippen molar-refractivity contribution < 1.29 is 4.79 Å². The summed E-state index contributed by atoms with van der Waals surface area (Å²) in [7, 11) is 0. The molecule has 0 aliphatic carbocycles. The Bertz CT molecular complexity index is 287. The van der Waals surface area contributed by atoms with Crippen LogP contribution >= 0.6 is 23.1 Å². The van der Waals surface area contributed by atoms with E-state index in [1.54, 1.807) is 11.8 Å². The van der Waals surface area contributed by atoms with Crippen molar-refractivity contribution in [3.63, 3.8) is 0 Å². The van der Waals surface area contributed by atoms with Gasteiger partial charge in [0.2, 0.25) is 0 Å². The van der Waals surface area contributed by atoms with Gasteiger partial charge >= 0.3 is 6.03 Å². The molecule has 2 N–H and O–H groups in total. The molecule has 0 radical (unpaired) electrons. The second-order valence-corrected chi connectivity index (χ2v) is 3.86. The number of urea groups is 1. The van der Waals surface area contributed by atoms with Gasteiger partial charge in [-0.1, -0.05) is 0 Å². The maximum atomic E-state index is 11.0. The van der Waals surface area contributed by atoms with Gasteiger partial charge in [0.05, 0.1) is 0 Å². The summed E-state index contributed by atoms with van der Waals surface area (Å²) in [6.45, 7) is 2.49. The van der Waals surface area contributed by atoms with Crippen molar-refractivity contribution in [3.05, 3.63) is 5.38 Å². The van der Waals surface area contributed by atoms with Gasteiger partial charge in [0.25, 0.3) is 0 Å². The Hall–Kier alpha value is -0.750. The lowest BCUT2D eigenvalue weighted by atomic mass is 10.7. The number of thioether (sulfide) groups is 1. The first-order chi connectivity index (χ1) is 6.26. The molecule has 4 nitrogen and oxygen atoms in total. The number of aromatic nitrogens is 1. The summed E-state index contributed by atoms with van der Waals surface area (Å²) in [4.78, 5) is 15.2. The van der Waals surface area contributed by atoms with Crippen LogP contribution in [0.3, 0.4) is 0 Å². The quantitative estimate of drug-likeness (QED) is 0.761. The molecule has 13 heavy (non-hydrogen) atoms. The third-order valence-electron chi connectivity index (χ3n) is 1.25. The first-order valence-corrected chi connectivity index (χ1v) is 5.91. The fourth-order valence-electron chi connectivity index (χ4n) is 0.712. The Kier molecular flexibility index (Phi) is 4.04. The summed E-state index contributed by atoms with van der Waals surface area (Å²) < 4.78 is 0. The van der Waals surface area contributed by atoms with Gasteiger partial charge < -0.3 is 5.32 Å². The maximum absolute atomic E-state index is 11.0. The molecule has 0 bridgehead atoms. The van der Waals surface area contributed by atoms with Crippen molar-refractivity contribution in [2.75, 3.05) is 18.1 Å². The van der Waals surface area contributed by atoms with Crippen LogP contribution in [-0.4, -0.2) is 23.8 Å². The molecule has 0 spiro atoms. The van der Waals surface area contributed by atoms with E-state index in [1.165, 1.54) is 11.3 Å². The van der Waals surface area contributed by atoms with Crippen LogP contribution in [0.2, 0.25) is 0 Å². The Labute approximate surface area is 85.1 Å². The maximum Gasteiger partial charge on any atom is 0.321 e. The highest BCUT2D eigenvalue weighted by molar-refractivity contribution is 7.98. The van der Waals surface area contributed by atoms with E-state index < -0.39 is 0 Å². The molecule has 0 atom stereocenters. The molecule has 0 aliphatic heterocycles. The molecular formula is C7H11N3OS2. The van der Waals surface area contributed by atoms with Crippen molar-refractivity contribution >= 4 is 34.3 Å². The van der Waals surface area contributed by atoms with Crippen LogP contribution in [0.15, 0.2) is 10.4 Å². The van der Waals surface area contributed by atoms with Crippen LogP contribution < -0.4 is 10.6 Å². The fraction of sp³-hybridized carbons (Fsp3) is 0.429. The number of nitrogens with zero attached hydrogens (tertiary/aromatic N) is 1. The zero-order valence-electron chi connectivity index (χ0n) is 7.46. The number of anilines is 1. The SMILES string of the molecule is CCNC(=O)Nc1nc(SC)cs1. The first kappa shape index (κ1) is 10.3. The second kappa shape index (κ2) is 5.08. The monoisotopic (exact) mass is 217 g/mol. The van der Waals surface area contributed by atoms with E-state index in [9.17, 15) is 4.79 Å². The van der Waals surface area contributed by atoms with Gasteiger partial charge in [0.15, 0.2) is 5.13 Å². The Morgan fingerprint density at radius 3 is 3.08 bits per heavy atom. The highest BCUT2D eigenvalue weighted by Gasteiger charge is 2.03. The van der Waals surface area contributed by atoms with Crippen molar-refractivity contribution in [2.45, 2.75) is 11.9 Å². The highest BCUT2D eigenvalue weighted by Crippen LogP contribution is 2.21. The molecule has 6 heteroatoms. The van der Waals surface area contributed by atoms with Crippen LogP contribution in [0.5, 0.6) is 0 Å². The third-order valence-corrected chi connectivity index (χ3v) is 2.78. The van der Waals surface area contributed by atoms with Crippen LogP contribution in [0.25, 0.3) is 0 Å². The Morgan fingerprint density at radius 1 is 1.77 bits per heavy atom. The van der Waals surface area contributed by atoms with Crippen molar-refractivity contribution in [2.24, 2.45) is 0 Å². The molecule has 72 valence electrons. The standard InChI is InChI=1S/C7H11N3OS2/c1-3-8-6(11)10-7-9-5(12-2)4-13-7/h4H,3H2,1-2H3,(H2,8,9,10,11). The summed E-state index contributed by atoms with van der Waals surface area (Å²) in [6, 6.07) is -0.204. The number of thiazole rings is 1. The predicted molar refractivity (Wildman–Crippen MR) is 56.6 cm³/mol. The first-order valence-electron chi connectivity index (χ1n) is 3.80. The molecular weight excluding hydrogens is 206 g/mol. The summed E-state index contributed by atoms with van der Waals surface area (Å²) >= 11 is 2.98. The van der Waals surface area contributed by atoms with Crippen LogP contribution in [-0.2, 0) is 0 Å². The highest BCUT2D eigenvalue weighted by atomic mass is 32.2. The van der Waals surface area contributed by atoms with Gasteiger partial charge in [-0.05, 0) is 13.2 Å². The number of carbonyl (C=O) groups excluding carboxylic acids is 1. The smallest absolute Gasteiger partial charge is 0.321 e. The average molecular weight is 217 g/mol. The zero-order valence-corrected chi connectivity index (χ0v) is 9.09. The molecule has 1 aromatic heterocycles. The minimum absolute atomic E-state index is 0.204. The Morgan fingerprint density at radius 2 is 2.54 bits per heavy atom. The van der Waals surface area contributed by atoms with E-state index in [-0.39, 0.29) is 6.03 Å². The molecule has 0 aromatic carbocycles. The molecule has 2 amide bonds. The van der Waals surface area contributed by atoms with Gasteiger partial charge in [-0.3, -0.25) is 5.32 Å². The number of amides is 2. The Balaban J connectivity index is 2.49. The molecule has 0 fully saturated rings. The number of hydrogen-bond donors (Lipinski definition) is 2. The molecule has 1 aromatic rings. The van der Waals surface area contributed by atoms with Crippen LogP contribution in [0.1, 0.15) is 6.92 Å². The molecule has 0 aliphatic rings. The fourth-order valence-corrected chi connectivity index (χ4v) is 2.05. The summed E-state index contributed by atoms with van der Waals surface area (Å²) in [6.07, 6.45) is 1.95. The number of rotatable bonds is 3. The number of nitrogens with one attached hydrogen (secondary N) is 2. The lowest BCUT2D eigenvalue weighted by Crippen LogP contribution is -2.28. The summed E-state index contributed by atoms with van der Waals surface area (Å²) in [5.74, 6) is 0. The van der Waals surface area contributed by atoms with Gasteiger partial charge in [0.1, 0.15) is 5.03 Å². The van der Waals surface area contributed by atoms with Gasteiger partial charge in [-0.2, -0.15) is 0 Å². The normalized spacial score (nSPS) is 9.69. The third kappa shape index (κ3) is 3.23.